The monoisotopic (exact) mass is 167 g/mol. The molecule has 0 aliphatic heterocycles. The number of rotatable bonds is 3. The molecule has 0 amide bonds. The molecule has 1 unspecified atom stereocenters. The standard InChI is InChI=1S/C7H9N3S/c1-3-6(4-2)9-7-10-8-5-11-7/h1,5-6H,4H2,2H3,(H,9,10). The third kappa shape index (κ3) is 2.20. The van der Waals surface area contributed by atoms with Gasteiger partial charge in [-0.05, 0) is 6.42 Å². The quantitative estimate of drug-likeness (QED) is 0.691. The van der Waals surface area contributed by atoms with E-state index in [-0.39, 0.29) is 6.04 Å². The molecule has 0 radical (unpaired) electrons. The highest BCUT2D eigenvalue weighted by Gasteiger charge is 2.02. The van der Waals surface area contributed by atoms with E-state index in [1.165, 1.54) is 11.3 Å². The minimum absolute atomic E-state index is 0.0722. The van der Waals surface area contributed by atoms with Crippen LogP contribution in [0.1, 0.15) is 13.3 Å². The van der Waals surface area contributed by atoms with Crippen LogP contribution in [0.4, 0.5) is 5.13 Å². The minimum atomic E-state index is 0.0722. The summed E-state index contributed by atoms with van der Waals surface area (Å²) in [5.41, 5.74) is 1.67. The van der Waals surface area contributed by atoms with Crippen molar-refractivity contribution < 1.29 is 0 Å². The van der Waals surface area contributed by atoms with Gasteiger partial charge in [-0.15, -0.1) is 16.6 Å². The first kappa shape index (κ1) is 8.02. The lowest BCUT2D eigenvalue weighted by Gasteiger charge is -2.06. The molecular weight excluding hydrogens is 158 g/mol. The van der Waals surface area contributed by atoms with Crippen molar-refractivity contribution >= 4 is 16.5 Å². The predicted octanol–water partition coefficient (Wildman–Crippen LogP) is 1.36. The van der Waals surface area contributed by atoms with Crippen LogP contribution in [0, 0.1) is 12.3 Å². The Morgan fingerprint density at radius 2 is 2.73 bits per heavy atom. The highest BCUT2D eigenvalue weighted by Crippen LogP contribution is 2.10. The molecule has 1 aromatic heterocycles. The zero-order valence-electron chi connectivity index (χ0n) is 6.24. The molecule has 11 heavy (non-hydrogen) atoms. The number of aromatic nitrogens is 2. The first-order chi connectivity index (χ1) is 5.36. The number of anilines is 1. The van der Waals surface area contributed by atoms with E-state index in [1.54, 1.807) is 5.51 Å². The molecule has 0 aliphatic rings. The summed E-state index contributed by atoms with van der Waals surface area (Å²) in [6.07, 6.45) is 6.14. The number of nitrogens with zero attached hydrogens (tertiary/aromatic N) is 2. The summed E-state index contributed by atoms with van der Waals surface area (Å²) < 4.78 is 0. The van der Waals surface area contributed by atoms with Crippen LogP contribution in [0.15, 0.2) is 5.51 Å². The molecule has 3 nitrogen and oxygen atoms in total. The van der Waals surface area contributed by atoms with Crippen LogP contribution in [0.25, 0.3) is 0 Å². The summed E-state index contributed by atoms with van der Waals surface area (Å²) >= 11 is 1.45. The van der Waals surface area contributed by atoms with Gasteiger partial charge in [-0.3, -0.25) is 0 Å². The van der Waals surface area contributed by atoms with E-state index in [2.05, 4.69) is 21.4 Å². The van der Waals surface area contributed by atoms with E-state index in [0.717, 1.165) is 11.6 Å². The second-order valence-electron chi connectivity index (χ2n) is 2.02. The van der Waals surface area contributed by atoms with Crippen LogP contribution in [0.2, 0.25) is 0 Å². The third-order valence-electron chi connectivity index (χ3n) is 1.27. The van der Waals surface area contributed by atoms with Crippen LogP contribution in [-0.4, -0.2) is 16.2 Å². The summed E-state index contributed by atoms with van der Waals surface area (Å²) in [6.45, 7) is 2.03. The smallest absolute Gasteiger partial charge is 0.206 e. The fraction of sp³-hybridized carbons (Fsp3) is 0.429. The van der Waals surface area contributed by atoms with Crippen LogP contribution < -0.4 is 5.32 Å². The van der Waals surface area contributed by atoms with Crippen LogP contribution >= 0.6 is 11.3 Å². The lowest BCUT2D eigenvalue weighted by atomic mass is 10.2. The van der Waals surface area contributed by atoms with Gasteiger partial charge >= 0.3 is 0 Å². The number of hydrogen-bond donors (Lipinski definition) is 1. The van der Waals surface area contributed by atoms with Gasteiger partial charge in [0.2, 0.25) is 5.13 Å². The Balaban J connectivity index is 2.49. The Kier molecular flexibility index (Phi) is 2.87. The summed E-state index contributed by atoms with van der Waals surface area (Å²) in [6, 6.07) is 0.0722. The number of nitrogens with one attached hydrogen (secondary N) is 1. The average Bonchev–Trinajstić information content (AvgIpc) is 2.52. The van der Waals surface area contributed by atoms with Gasteiger partial charge in [0, 0.05) is 0 Å². The van der Waals surface area contributed by atoms with Gasteiger partial charge in [-0.25, -0.2) is 0 Å². The SMILES string of the molecule is C#CC(CC)Nc1nncs1. The molecule has 1 N–H and O–H groups in total. The molecule has 0 saturated heterocycles. The maximum absolute atomic E-state index is 5.24. The lowest BCUT2D eigenvalue weighted by molar-refractivity contribution is 0.851. The van der Waals surface area contributed by atoms with Crippen LogP contribution in [0.5, 0.6) is 0 Å². The largest absolute Gasteiger partial charge is 0.346 e. The van der Waals surface area contributed by atoms with E-state index in [4.69, 9.17) is 6.42 Å². The van der Waals surface area contributed by atoms with Crippen molar-refractivity contribution in [1.82, 2.24) is 10.2 Å². The Hall–Kier alpha value is -1.08. The zero-order chi connectivity index (χ0) is 8.10. The lowest BCUT2D eigenvalue weighted by Crippen LogP contribution is -2.15. The number of terminal acetylenes is 1. The summed E-state index contributed by atoms with van der Waals surface area (Å²) in [7, 11) is 0. The summed E-state index contributed by atoms with van der Waals surface area (Å²) in [5, 5.41) is 11.3. The van der Waals surface area contributed by atoms with E-state index in [9.17, 15) is 0 Å². The molecule has 0 spiro atoms. The predicted molar refractivity (Wildman–Crippen MR) is 46.4 cm³/mol. The molecular formula is C7H9N3S. The second kappa shape index (κ2) is 3.94. The summed E-state index contributed by atoms with van der Waals surface area (Å²) in [5.74, 6) is 2.62. The molecule has 58 valence electrons. The summed E-state index contributed by atoms with van der Waals surface area (Å²) in [4.78, 5) is 0. The van der Waals surface area contributed by atoms with Crippen molar-refractivity contribution in [2.45, 2.75) is 19.4 Å². The topological polar surface area (TPSA) is 37.8 Å². The molecule has 1 atom stereocenters. The maximum Gasteiger partial charge on any atom is 0.206 e. The van der Waals surface area contributed by atoms with Crippen molar-refractivity contribution in [3.05, 3.63) is 5.51 Å². The fourth-order valence-corrected chi connectivity index (χ4v) is 1.15. The Morgan fingerprint density at radius 3 is 3.18 bits per heavy atom. The third-order valence-corrected chi connectivity index (χ3v) is 1.89. The first-order valence-corrected chi connectivity index (χ1v) is 4.23. The molecule has 1 rings (SSSR count). The molecule has 0 fully saturated rings. The second-order valence-corrected chi connectivity index (χ2v) is 2.85. The average molecular weight is 167 g/mol. The van der Waals surface area contributed by atoms with Gasteiger partial charge in [0.1, 0.15) is 5.51 Å². The zero-order valence-corrected chi connectivity index (χ0v) is 7.06. The van der Waals surface area contributed by atoms with Gasteiger partial charge in [0.05, 0.1) is 6.04 Å². The highest BCUT2D eigenvalue weighted by atomic mass is 32.1. The molecule has 0 aromatic carbocycles. The van der Waals surface area contributed by atoms with Crippen molar-refractivity contribution in [2.24, 2.45) is 0 Å². The number of hydrogen-bond acceptors (Lipinski definition) is 4. The highest BCUT2D eigenvalue weighted by molar-refractivity contribution is 7.13. The molecule has 0 aliphatic carbocycles. The van der Waals surface area contributed by atoms with Gasteiger partial charge < -0.3 is 5.32 Å². The molecule has 1 heterocycles. The molecule has 1 aromatic rings. The van der Waals surface area contributed by atoms with E-state index in [0.29, 0.717) is 0 Å². The first-order valence-electron chi connectivity index (χ1n) is 3.35. The minimum Gasteiger partial charge on any atom is -0.346 e. The normalized spacial score (nSPS) is 12.0. The van der Waals surface area contributed by atoms with Crippen molar-refractivity contribution in [2.75, 3.05) is 5.32 Å². The van der Waals surface area contributed by atoms with Gasteiger partial charge in [0.25, 0.3) is 0 Å². The van der Waals surface area contributed by atoms with E-state index < -0.39 is 0 Å². The fourth-order valence-electron chi connectivity index (χ4n) is 0.647. The van der Waals surface area contributed by atoms with E-state index in [1.807, 2.05) is 6.92 Å². The molecule has 4 heteroatoms. The van der Waals surface area contributed by atoms with Crippen molar-refractivity contribution in [1.29, 1.82) is 0 Å². The van der Waals surface area contributed by atoms with Crippen LogP contribution in [-0.2, 0) is 0 Å². The van der Waals surface area contributed by atoms with Crippen LogP contribution in [0.3, 0.4) is 0 Å². The molecule has 0 bridgehead atoms. The Morgan fingerprint density at radius 1 is 1.91 bits per heavy atom. The Labute approximate surface area is 69.9 Å². The molecule has 0 saturated carbocycles. The van der Waals surface area contributed by atoms with Crippen molar-refractivity contribution in [3.63, 3.8) is 0 Å². The maximum atomic E-state index is 5.24. The Bertz CT molecular complexity index is 237. The van der Waals surface area contributed by atoms with Crippen molar-refractivity contribution in [3.8, 4) is 12.3 Å². The van der Waals surface area contributed by atoms with E-state index >= 15 is 0 Å². The van der Waals surface area contributed by atoms with Gasteiger partial charge in [0.15, 0.2) is 0 Å². The van der Waals surface area contributed by atoms with Gasteiger partial charge in [-0.1, -0.05) is 24.2 Å². The van der Waals surface area contributed by atoms with Gasteiger partial charge in [-0.2, -0.15) is 0 Å².